The number of halogens is 1. The highest BCUT2D eigenvalue weighted by molar-refractivity contribution is 7.20. The van der Waals surface area contributed by atoms with E-state index in [1.165, 1.54) is 11.3 Å². The quantitative estimate of drug-likeness (QED) is 0.808. The molecule has 0 aromatic carbocycles. The minimum atomic E-state index is -0.0448. The lowest BCUT2D eigenvalue weighted by atomic mass is 9.96. The van der Waals surface area contributed by atoms with Gasteiger partial charge in [-0.2, -0.15) is 4.98 Å². The Morgan fingerprint density at radius 3 is 2.74 bits per heavy atom. The fourth-order valence-electron chi connectivity index (χ4n) is 3.58. The summed E-state index contributed by atoms with van der Waals surface area (Å²) in [5.41, 5.74) is 7.00. The van der Waals surface area contributed by atoms with Gasteiger partial charge in [0.2, 0.25) is 5.88 Å². The van der Waals surface area contributed by atoms with Gasteiger partial charge in [0.05, 0.1) is 17.4 Å². The molecule has 3 heterocycles. The summed E-state index contributed by atoms with van der Waals surface area (Å²) in [4.78, 5) is 25.6. The first-order valence-corrected chi connectivity index (χ1v) is 9.69. The molecule has 0 bridgehead atoms. The molecular weight excluding hydrogens is 388 g/mol. The van der Waals surface area contributed by atoms with E-state index in [2.05, 4.69) is 9.97 Å². The molecule has 1 aliphatic heterocycles. The Bertz CT molecular complexity index is 811. The minimum Gasteiger partial charge on any atom is -0.480 e. The number of hydrogen-bond acceptors (Lipinski definition) is 7. The summed E-state index contributed by atoms with van der Waals surface area (Å²) in [6, 6.07) is 0.0365. The molecule has 0 saturated carbocycles. The Kier molecular flexibility index (Phi) is 7.39. The zero-order chi connectivity index (χ0) is 18.8. The van der Waals surface area contributed by atoms with Gasteiger partial charge < -0.3 is 20.1 Å². The van der Waals surface area contributed by atoms with E-state index in [0.29, 0.717) is 23.2 Å². The van der Waals surface area contributed by atoms with Crippen LogP contribution in [0.4, 0.5) is 0 Å². The van der Waals surface area contributed by atoms with Crippen molar-refractivity contribution < 1.29 is 14.3 Å². The number of likely N-dealkylation sites (tertiary alicyclic amines) is 1. The van der Waals surface area contributed by atoms with Crippen molar-refractivity contribution in [2.75, 3.05) is 20.8 Å². The number of thiophene rings is 1. The maximum atomic E-state index is 13.3. The van der Waals surface area contributed by atoms with Crippen LogP contribution in [0.25, 0.3) is 10.2 Å². The molecule has 9 heteroatoms. The third kappa shape index (κ3) is 4.18. The molecule has 0 radical (unpaired) electrons. The molecule has 1 amide bonds. The number of nitrogens with zero attached hydrogens (tertiary/aromatic N) is 3. The van der Waals surface area contributed by atoms with Crippen molar-refractivity contribution in [2.24, 2.45) is 5.73 Å². The summed E-state index contributed by atoms with van der Waals surface area (Å²) in [7, 11) is 3.17. The van der Waals surface area contributed by atoms with Crippen molar-refractivity contribution in [1.82, 2.24) is 14.9 Å². The lowest BCUT2D eigenvalue weighted by Gasteiger charge is -2.38. The second kappa shape index (κ2) is 9.14. The first-order valence-electron chi connectivity index (χ1n) is 8.87. The third-order valence-electron chi connectivity index (χ3n) is 4.88. The Morgan fingerprint density at radius 2 is 2.11 bits per heavy atom. The molecule has 7 nitrogen and oxygen atoms in total. The summed E-state index contributed by atoms with van der Waals surface area (Å²) in [5.74, 6) is 1.06. The average Bonchev–Trinajstić information content (AvgIpc) is 2.97. The number of hydrogen-bond donors (Lipinski definition) is 1. The van der Waals surface area contributed by atoms with Crippen molar-refractivity contribution in [3.05, 3.63) is 16.3 Å². The predicted molar refractivity (Wildman–Crippen MR) is 109 cm³/mol. The average molecular weight is 415 g/mol. The molecule has 3 rings (SSSR count). The fraction of sp³-hybridized carbons (Fsp3) is 0.611. The van der Waals surface area contributed by atoms with Gasteiger partial charge in [0.25, 0.3) is 5.91 Å². The summed E-state index contributed by atoms with van der Waals surface area (Å²) >= 11 is 1.39. The van der Waals surface area contributed by atoms with Crippen LogP contribution in [-0.2, 0) is 11.3 Å². The first kappa shape index (κ1) is 21.8. The van der Waals surface area contributed by atoms with E-state index < -0.39 is 0 Å². The van der Waals surface area contributed by atoms with Gasteiger partial charge in [0.1, 0.15) is 11.4 Å². The van der Waals surface area contributed by atoms with Crippen LogP contribution < -0.4 is 10.5 Å². The number of ether oxygens (including phenoxy) is 2. The first-order chi connectivity index (χ1) is 12.5. The fourth-order valence-corrected chi connectivity index (χ4v) is 4.72. The zero-order valence-electron chi connectivity index (χ0n) is 16.2. The van der Waals surface area contributed by atoms with Crippen LogP contribution in [0.15, 0.2) is 0 Å². The summed E-state index contributed by atoms with van der Waals surface area (Å²) < 4.78 is 10.6. The normalized spacial score (nSPS) is 18.3. The van der Waals surface area contributed by atoms with Gasteiger partial charge in [-0.05, 0) is 38.7 Å². The van der Waals surface area contributed by atoms with Crippen LogP contribution in [0.5, 0.6) is 5.88 Å². The van der Waals surface area contributed by atoms with Crippen molar-refractivity contribution in [1.29, 1.82) is 0 Å². The summed E-state index contributed by atoms with van der Waals surface area (Å²) in [5, 5.41) is 0.801. The van der Waals surface area contributed by atoms with Crippen LogP contribution in [0.1, 0.15) is 47.2 Å². The molecule has 2 atom stereocenters. The van der Waals surface area contributed by atoms with Crippen molar-refractivity contribution in [3.63, 3.8) is 0 Å². The monoisotopic (exact) mass is 414 g/mol. The SMILES string of the molecule is COCc1nc(OC)c2c(C)c(C(=O)N3CCCCC3C(C)N)sc2n1.Cl. The van der Waals surface area contributed by atoms with Crippen LogP contribution in [0, 0.1) is 6.92 Å². The number of aryl methyl sites for hydroxylation is 1. The number of carbonyl (C=O) groups excluding carboxylic acids is 1. The highest BCUT2D eigenvalue weighted by Gasteiger charge is 2.32. The standard InChI is InChI=1S/C18H26N4O3S.ClH/c1-10-14-16(25-4)20-13(9-24-3)21-17(14)26-15(10)18(23)22-8-6-5-7-12(22)11(2)19;/h11-12H,5-9,19H2,1-4H3;1H. The third-order valence-corrected chi connectivity index (χ3v) is 6.06. The lowest BCUT2D eigenvalue weighted by Crippen LogP contribution is -2.51. The van der Waals surface area contributed by atoms with E-state index in [9.17, 15) is 4.79 Å². The van der Waals surface area contributed by atoms with E-state index in [4.69, 9.17) is 15.2 Å². The smallest absolute Gasteiger partial charge is 0.264 e. The van der Waals surface area contributed by atoms with Gasteiger partial charge in [-0.15, -0.1) is 23.7 Å². The number of piperidine rings is 1. The molecule has 2 aromatic rings. The number of rotatable bonds is 5. The highest BCUT2D eigenvalue weighted by Crippen LogP contribution is 2.36. The molecule has 150 valence electrons. The van der Waals surface area contributed by atoms with E-state index in [1.54, 1.807) is 14.2 Å². The van der Waals surface area contributed by atoms with Crippen molar-refractivity contribution >= 4 is 39.9 Å². The lowest BCUT2D eigenvalue weighted by molar-refractivity contribution is 0.0588. The maximum Gasteiger partial charge on any atom is 0.264 e. The Balaban J connectivity index is 0.00000261. The molecule has 1 fully saturated rings. The maximum absolute atomic E-state index is 13.3. The molecule has 27 heavy (non-hydrogen) atoms. The van der Waals surface area contributed by atoms with Gasteiger partial charge in [-0.25, -0.2) is 4.98 Å². The zero-order valence-corrected chi connectivity index (χ0v) is 17.8. The van der Waals surface area contributed by atoms with Crippen LogP contribution in [0.3, 0.4) is 0 Å². The largest absolute Gasteiger partial charge is 0.480 e. The van der Waals surface area contributed by atoms with Gasteiger partial charge in [-0.3, -0.25) is 4.79 Å². The van der Waals surface area contributed by atoms with Crippen LogP contribution in [0.2, 0.25) is 0 Å². The number of fused-ring (bicyclic) bond motifs is 1. The summed E-state index contributed by atoms with van der Waals surface area (Å²) in [6.45, 7) is 4.94. The van der Waals surface area contributed by atoms with Crippen molar-refractivity contribution in [3.8, 4) is 5.88 Å². The van der Waals surface area contributed by atoms with E-state index in [1.807, 2.05) is 18.7 Å². The molecule has 2 unspecified atom stereocenters. The Morgan fingerprint density at radius 1 is 1.37 bits per heavy atom. The second-order valence-corrected chi connectivity index (χ2v) is 7.74. The van der Waals surface area contributed by atoms with Gasteiger partial charge >= 0.3 is 0 Å². The molecule has 1 saturated heterocycles. The number of carbonyl (C=O) groups is 1. The molecule has 2 aromatic heterocycles. The second-order valence-electron chi connectivity index (χ2n) is 6.74. The van der Waals surface area contributed by atoms with E-state index in [0.717, 1.165) is 41.6 Å². The number of nitrogens with two attached hydrogens (primary N) is 1. The number of aromatic nitrogens is 2. The molecule has 2 N–H and O–H groups in total. The van der Waals surface area contributed by atoms with Crippen LogP contribution in [-0.4, -0.2) is 53.6 Å². The van der Waals surface area contributed by atoms with E-state index in [-0.39, 0.29) is 30.4 Å². The topological polar surface area (TPSA) is 90.6 Å². The predicted octanol–water partition coefficient (Wildman–Crippen LogP) is 2.92. The number of amides is 1. The molecular formula is C18H27ClN4O3S. The van der Waals surface area contributed by atoms with Crippen molar-refractivity contribution in [2.45, 2.75) is 51.8 Å². The Hall–Kier alpha value is -1.48. The molecule has 1 aliphatic rings. The minimum absolute atomic E-state index is 0. The Labute approximate surface area is 169 Å². The highest BCUT2D eigenvalue weighted by atomic mass is 35.5. The number of methoxy groups -OCH3 is 2. The molecule has 0 spiro atoms. The van der Waals surface area contributed by atoms with Crippen LogP contribution >= 0.6 is 23.7 Å². The van der Waals surface area contributed by atoms with Gasteiger partial charge in [-0.1, -0.05) is 0 Å². The molecule has 0 aliphatic carbocycles. The van der Waals surface area contributed by atoms with E-state index >= 15 is 0 Å². The van der Waals surface area contributed by atoms with Gasteiger partial charge in [0.15, 0.2) is 5.82 Å². The summed E-state index contributed by atoms with van der Waals surface area (Å²) in [6.07, 6.45) is 3.08. The van der Waals surface area contributed by atoms with Gasteiger partial charge in [0, 0.05) is 25.7 Å².